The first-order chi connectivity index (χ1) is 22.9. The van der Waals surface area contributed by atoms with Gasteiger partial charge in [-0.15, -0.1) is 22.7 Å². The molecule has 0 radical (unpaired) electrons. The van der Waals surface area contributed by atoms with Crippen LogP contribution in [-0.4, -0.2) is 79.3 Å². The fourth-order valence-corrected chi connectivity index (χ4v) is 7.39. The SMILES string of the molecule is CC(C)C[C@@H]1NC(=O)CCCN(C(=O)CCNS(C)(=O)=O)CCCNC(=O)c2csc(n2)[C@H](Cc2ccccc2)NC(=O)c2csc1n2. The van der Waals surface area contributed by atoms with Gasteiger partial charge in [-0.05, 0) is 37.2 Å². The minimum atomic E-state index is -3.44. The lowest BCUT2D eigenvalue weighted by molar-refractivity contribution is -0.131. The maximum absolute atomic E-state index is 13.5. The maximum Gasteiger partial charge on any atom is 0.271 e. The zero-order valence-corrected chi connectivity index (χ0v) is 29.8. The number of nitrogens with zero attached hydrogens (tertiary/aromatic N) is 3. The van der Waals surface area contributed by atoms with Crippen molar-refractivity contribution in [1.82, 2.24) is 35.5 Å². The van der Waals surface area contributed by atoms with Gasteiger partial charge in [0.2, 0.25) is 21.8 Å². The largest absolute Gasteiger partial charge is 0.351 e. The lowest BCUT2D eigenvalue weighted by Gasteiger charge is -2.23. The van der Waals surface area contributed by atoms with Crippen molar-refractivity contribution in [2.24, 2.45) is 5.92 Å². The Morgan fingerprint density at radius 2 is 1.60 bits per heavy atom. The van der Waals surface area contributed by atoms with Crippen molar-refractivity contribution in [3.05, 3.63) is 68.1 Å². The summed E-state index contributed by atoms with van der Waals surface area (Å²) >= 11 is 2.59. The molecule has 4 rings (SSSR count). The second-order valence-electron chi connectivity index (χ2n) is 12.1. The molecule has 4 amide bonds. The Bertz CT molecular complexity index is 1660. The van der Waals surface area contributed by atoms with Gasteiger partial charge in [-0.3, -0.25) is 19.2 Å². The molecule has 1 aliphatic rings. The van der Waals surface area contributed by atoms with Gasteiger partial charge in [-0.25, -0.2) is 23.1 Å². The molecule has 2 aromatic heterocycles. The van der Waals surface area contributed by atoms with Gasteiger partial charge in [0.1, 0.15) is 21.4 Å². The molecule has 13 nitrogen and oxygen atoms in total. The molecule has 0 saturated carbocycles. The summed E-state index contributed by atoms with van der Waals surface area (Å²) in [4.78, 5) is 63.4. The monoisotopic (exact) mass is 717 g/mol. The number of amides is 4. The van der Waals surface area contributed by atoms with E-state index >= 15 is 0 Å². The van der Waals surface area contributed by atoms with Gasteiger partial charge in [0.25, 0.3) is 11.8 Å². The fourth-order valence-electron chi connectivity index (χ4n) is 5.20. The van der Waals surface area contributed by atoms with E-state index in [9.17, 15) is 27.6 Å². The molecule has 16 heteroatoms. The van der Waals surface area contributed by atoms with Crippen molar-refractivity contribution in [2.75, 3.05) is 32.4 Å². The van der Waals surface area contributed by atoms with Crippen molar-refractivity contribution in [3.63, 3.8) is 0 Å². The van der Waals surface area contributed by atoms with Gasteiger partial charge in [0, 0.05) is 49.8 Å². The summed E-state index contributed by atoms with van der Waals surface area (Å²) in [5.74, 6) is -0.967. The molecule has 4 bridgehead atoms. The van der Waals surface area contributed by atoms with Crippen LogP contribution in [-0.2, 0) is 26.0 Å². The minimum Gasteiger partial charge on any atom is -0.351 e. The fraction of sp³-hybridized carbons (Fsp3) is 0.500. The topological polar surface area (TPSA) is 180 Å². The van der Waals surface area contributed by atoms with Crippen LogP contribution in [0, 0.1) is 5.92 Å². The first-order valence-corrected chi connectivity index (χ1v) is 19.6. The Kier molecular flexibility index (Phi) is 13.6. The summed E-state index contributed by atoms with van der Waals surface area (Å²) in [6, 6.07) is 8.77. The molecular formula is C32H43N7O6S3. The Balaban J connectivity index is 1.58. The van der Waals surface area contributed by atoms with Gasteiger partial charge in [0.15, 0.2) is 0 Å². The molecule has 260 valence electrons. The number of sulfonamides is 1. The van der Waals surface area contributed by atoms with Crippen molar-refractivity contribution in [2.45, 2.75) is 64.5 Å². The van der Waals surface area contributed by atoms with E-state index in [1.54, 1.807) is 15.7 Å². The number of thiazole rings is 2. The molecule has 0 unspecified atom stereocenters. The van der Waals surface area contributed by atoms with Gasteiger partial charge >= 0.3 is 0 Å². The Hall–Kier alpha value is -3.73. The number of hydrogen-bond donors (Lipinski definition) is 4. The quantitative estimate of drug-likeness (QED) is 0.274. The zero-order chi connectivity index (χ0) is 34.7. The molecule has 48 heavy (non-hydrogen) atoms. The predicted molar refractivity (Wildman–Crippen MR) is 185 cm³/mol. The van der Waals surface area contributed by atoms with Crippen LogP contribution in [0.2, 0.25) is 0 Å². The molecule has 2 atom stereocenters. The molecule has 0 spiro atoms. The lowest BCUT2D eigenvalue weighted by Crippen LogP contribution is -2.38. The highest BCUT2D eigenvalue weighted by molar-refractivity contribution is 7.88. The van der Waals surface area contributed by atoms with E-state index in [-0.39, 0.29) is 73.4 Å². The number of fused-ring (bicyclic) bond motifs is 4. The molecular weight excluding hydrogens is 675 g/mol. The van der Waals surface area contributed by atoms with Crippen LogP contribution >= 0.6 is 22.7 Å². The van der Waals surface area contributed by atoms with Gasteiger partial charge < -0.3 is 20.9 Å². The third kappa shape index (κ3) is 11.8. The molecule has 3 aromatic rings. The van der Waals surface area contributed by atoms with Crippen LogP contribution in [0.3, 0.4) is 0 Å². The maximum atomic E-state index is 13.5. The summed E-state index contributed by atoms with van der Waals surface area (Å²) in [6.45, 7) is 4.92. The number of hydrogen-bond acceptors (Lipinski definition) is 10. The van der Waals surface area contributed by atoms with Crippen molar-refractivity contribution >= 4 is 56.3 Å². The van der Waals surface area contributed by atoms with Gasteiger partial charge in [0.05, 0.1) is 18.3 Å². The van der Waals surface area contributed by atoms with E-state index in [4.69, 9.17) is 0 Å². The number of rotatable bonds is 8. The summed E-state index contributed by atoms with van der Waals surface area (Å²) in [5.41, 5.74) is 1.44. The number of carbonyl (C=O) groups is 4. The first-order valence-electron chi connectivity index (χ1n) is 15.9. The van der Waals surface area contributed by atoms with E-state index < -0.39 is 22.1 Å². The first kappa shape index (κ1) is 37.1. The van der Waals surface area contributed by atoms with Gasteiger partial charge in [-0.2, -0.15) is 0 Å². The highest BCUT2D eigenvalue weighted by atomic mass is 32.2. The van der Waals surface area contributed by atoms with Crippen molar-refractivity contribution in [1.29, 1.82) is 0 Å². The van der Waals surface area contributed by atoms with Crippen LogP contribution in [0.5, 0.6) is 0 Å². The van der Waals surface area contributed by atoms with Crippen molar-refractivity contribution in [3.8, 4) is 0 Å². The lowest BCUT2D eigenvalue weighted by atomic mass is 10.0. The summed E-state index contributed by atoms with van der Waals surface area (Å²) in [7, 11) is -3.44. The summed E-state index contributed by atoms with van der Waals surface area (Å²) in [5, 5.41) is 13.5. The third-order valence-electron chi connectivity index (χ3n) is 7.51. The second kappa shape index (κ2) is 17.6. The van der Waals surface area contributed by atoms with Crippen LogP contribution in [0.4, 0.5) is 0 Å². The van der Waals surface area contributed by atoms with E-state index in [1.165, 1.54) is 22.7 Å². The van der Waals surface area contributed by atoms with Crippen LogP contribution in [0.25, 0.3) is 0 Å². The molecule has 1 aromatic carbocycles. The van der Waals surface area contributed by atoms with E-state index in [0.717, 1.165) is 11.8 Å². The molecule has 1 aliphatic heterocycles. The standard InChI is InChI=1S/C32H43N7O6S3/c1-21(2)17-23-31-38-26(20-47-31)30(43)36-24(18-22-9-5-4-6-10-22)32-37-25(19-46-32)29(42)33-13-8-16-39(15-7-11-27(40)35-23)28(41)12-14-34-48(3,44)45/h4-6,9-10,19-21,23-24,34H,7-8,11-18H2,1-3H3,(H,33,42)(H,35,40)(H,36,43)/t23-,24-/m0/s1. The normalized spacial score (nSPS) is 18.8. The van der Waals surface area contributed by atoms with Crippen LogP contribution < -0.4 is 20.7 Å². The Morgan fingerprint density at radius 3 is 2.27 bits per heavy atom. The molecule has 0 fully saturated rings. The van der Waals surface area contributed by atoms with E-state index in [0.29, 0.717) is 42.2 Å². The highest BCUT2D eigenvalue weighted by Gasteiger charge is 2.25. The number of aromatic nitrogens is 2. The highest BCUT2D eigenvalue weighted by Crippen LogP contribution is 2.27. The average molecular weight is 718 g/mol. The smallest absolute Gasteiger partial charge is 0.271 e. The predicted octanol–water partition coefficient (Wildman–Crippen LogP) is 3.20. The number of benzene rings is 1. The Morgan fingerprint density at radius 1 is 0.958 bits per heavy atom. The summed E-state index contributed by atoms with van der Waals surface area (Å²) < 4.78 is 25.3. The minimum absolute atomic E-state index is 0.0347. The van der Waals surface area contributed by atoms with Gasteiger partial charge in [-0.1, -0.05) is 44.2 Å². The van der Waals surface area contributed by atoms with Crippen LogP contribution in [0.15, 0.2) is 41.1 Å². The average Bonchev–Trinajstić information content (AvgIpc) is 3.72. The number of nitrogens with one attached hydrogen (secondary N) is 4. The molecule has 0 aliphatic carbocycles. The molecule has 4 N–H and O–H groups in total. The third-order valence-corrected chi connectivity index (χ3v) is 10.2. The second-order valence-corrected chi connectivity index (χ2v) is 15.7. The van der Waals surface area contributed by atoms with Crippen LogP contribution in [0.1, 0.15) is 94.6 Å². The Labute approximate surface area is 289 Å². The molecule has 0 saturated heterocycles. The zero-order valence-electron chi connectivity index (χ0n) is 27.4. The van der Waals surface area contributed by atoms with Crippen molar-refractivity contribution < 1.29 is 27.6 Å². The summed E-state index contributed by atoms with van der Waals surface area (Å²) in [6.07, 6.45) is 3.05. The van der Waals surface area contributed by atoms with E-state index in [1.807, 2.05) is 44.2 Å². The molecule has 3 heterocycles. The van der Waals surface area contributed by atoms with E-state index in [2.05, 4.69) is 30.6 Å². The number of carbonyl (C=O) groups excluding carboxylic acids is 4.